The molecule has 1 aliphatic rings. The van der Waals surface area contributed by atoms with Gasteiger partial charge in [0.2, 0.25) is 0 Å². The number of nitrogens with zero attached hydrogens (tertiary/aromatic N) is 1. The molecule has 2 heterocycles. The predicted octanol–water partition coefficient (Wildman–Crippen LogP) is 3.12. The smallest absolute Gasteiger partial charge is 0.161 e. The first-order valence-corrected chi connectivity index (χ1v) is 6.42. The number of hydrogen-bond acceptors (Lipinski definition) is 4. The van der Waals surface area contributed by atoms with Crippen molar-refractivity contribution in [3.63, 3.8) is 0 Å². The Morgan fingerprint density at radius 2 is 2.00 bits per heavy atom. The predicted molar refractivity (Wildman–Crippen MR) is 74.0 cm³/mol. The molecular formula is C14H13ClN2O2. The monoisotopic (exact) mass is 276 g/mol. The van der Waals surface area contributed by atoms with E-state index >= 15 is 0 Å². The molecule has 3 rings (SSSR count). The lowest BCUT2D eigenvalue weighted by Gasteiger charge is -2.19. The van der Waals surface area contributed by atoms with Gasteiger partial charge in [-0.25, -0.2) is 0 Å². The Kier molecular flexibility index (Phi) is 3.42. The average Bonchev–Trinajstić information content (AvgIpc) is 2.46. The number of rotatable bonds is 3. The van der Waals surface area contributed by atoms with Gasteiger partial charge >= 0.3 is 0 Å². The van der Waals surface area contributed by atoms with Crippen molar-refractivity contribution in [3.05, 3.63) is 47.2 Å². The molecule has 1 N–H and O–H groups in total. The molecule has 0 spiro atoms. The number of aromatic nitrogens is 1. The van der Waals surface area contributed by atoms with Crippen molar-refractivity contribution in [1.29, 1.82) is 0 Å². The van der Waals surface area contributed by atoms with Crippen molar-refractivity contribution in [2.75, 3.05) is 18.5 Å². The molecule has 0 aliphatic carbocycles. The van der Waals surface area contributed by atoms with Gasteiger partial charge in [-0.05, 0) is 23.8 Å². The molecular weight excluding hydrogens is 264 g/mol. The van der Waals surface area contributed by atoms with E-state index in [1.165, 1.54) is 0 Å². The number of benzene rings is 1. The molecule has 5 heteroatoms. The summed E-state index contributed by atoms with van der Waals surface area (Å²) in [5.74, 6) is 1.59. The van der Waals surface area contributed by atoms with E-state index in [0.717, 1.165) is 22.7 Å². The van der Waals surface area contributed by atoms with Gasteiger partial charge in [0.25, 0.3) is 0 Å². The Labute approximate surface area is 116 Å². The van der Waals surface area contributed by atoms with Crippen molar-refractivity contribution in [2.45, 2.75) is 6.54 Å². The fraction of sp³-hybridized carbons (Fsp3) is 0.214. The first-order valence-electron chi connectivity index (χ1n) is 6.05. The minimum atomic E-state index is 0.596. The molecule has 0 atom stereocenters. The highest BCUT2D eigenvalue weighted by Crippen LogP contribution is 2.31. The van der Waals surface area contributed by atoms with Crippen molar-refractivity contribution < 1.29 is 9.47 Å². The Morgan fingerprint density at radius 3 is 2.84 bits per heavy atom. The number of fused-ring (bicyclic) bond motifs is 1. The number of nitrogens with one attached hydrogen (secondary N) is 1. The summed E-state index contributed by atoms with van der Waals surface area (Å²) < 4.78 is 11.0. The molecule has 0 amide bonds. The lowest BCUT2D eigenvalue weighted by Crippen LogP contribution is -2.15. The van der Waals surface area contributed by atoms with Gasteiger partial charge in [0.05, 0.1) is 16.9 Å². The van der Waals surface area contributed by atoms with E-state index in [0.29, 0.717) is 24.8 Å². The van der Waals surface area contributed by atoms with Gasteiger partial charge in [0.15, 0.2) is 11.5 Å². The molecule has 98 valence electrons. The first-order chi connectivity index (χ1) is 9.33. The highest BCUT2D eigenvalue weighted by molar-refractivity contribution is 6.33. The third-order valence-corrected chi connectivity index (χ3v) is 3.19. The maximum absolute atomic E-state index is 6.06. The molecule has 0 saturated carbocycles. The Hall–Kier alpha value is -1.94. The Balaban J connectivity index is 1.72. The van der Waals surface area contributed by atoms with Crippen LogP contribution in [-0.4, -0.2) is 18.2 Å². The molecule has 1 aromatic heterocycles. The summed E-state index contributed by atoms with van der Waals surface area (Å²) in [6.45, 7) is 1.86. The quantitative estimate of drug-likeness (QED) is 0.935. The first kappa shape index (κ1) is 12.1. The average molecular weight is 277 g/mol. The van der Waals surface area contributed by atoms with Gasteiger partial charge in [0, 0.05) is 12.7 Å². The van der Waals surface area contributed by atoms with Gasteiger partial charge in [-0.3, -0.25) is 4.98 Å². The van der Waals surface area contributed by atoms with Crippen LogP contribution in [0.2, 0.25) is 5.02 Å². The van der Waals surface area contributed by atoms with Crippen LogP contribution < -0.4 is 14.8 Å². The SMILES string of the molecule is Clc1ccncc1NCc1ccc2c(c1)OCCO2. The van der Waals surface area contributed by atoms with Gasteiger partial charge in [-0.1, -0.05) is 17.7 Å². The number of hydrogen-bond donors (Lipinski definition) is 1. The highest BCUT2D eigenvalue weighted by Gasteiger charge is 2.11. The minimum Gasteiger partial charge on any atom is -0.486 e. The summed E-state index contributed by atoms with van der Waals surface area (Å²) in [7, 11) is 0. The zero-order chi connectivity index (χ0) is 13.1. The largest absolute Gasteiger partial charge is 0.486 e. The second-order valence-corrected chi connectivity index (χ2v) is 4.59. The maximum atomic E-state index is 6.06. The maximum Gasteiger partial charge on any atom is 0.161 e. The second kappa shape index (κ2) is 5.36. The van der Waals surface area contributed by atoms with E-state index < -0.39 is 0 Å². The zero-order valence-electron chi connectivity index (χ0n) is 10.2. The van der Waals surface area contributed by atoms with Crippen LogP contribution >= 0.6 is 11.6 Å². The second-order valence-electron chi connectivity index (χ2n) is 4.19. The molecule has 19 heavy (non-hydrogen) atoms. The van der Waals surface area contributed by atoms with Gasteiger partial charge in [-0.15, -0.1) is 0 Å². The van der Waals surface area contributed by atoms with E-state index in [-0.39, 0.29) is 0 Å². The molecule has 1 aromatic carbocycles. The molecule has 2 aromatic rings. The standard InChI is InChI=1S/C14H13ClN2O2/c15-11-3-4-16-9-12(11)17-8-10-1-2-13-14(7-10)19-6-5-18-13/h1-4,7,9,17H,5-6,8H2. The molecule has 4 nitrogen and oxygen atoms in total. The van der Waals surface area contributed by atoms with E-state index in [1.54, 1.807) is 18.5 Å². The summed E-state index contributed by atoms with van der Waals surface area (Å²) in [4.78, 5) is 4.04. The summed E-state index contributed by atoms with van der Waals surface area (Å²) in [6.07, 6.45) is 3.37. The molecule has 0 radical (unpaired) electrons. The third-order valence-electron chi connectivity index (χ3n) is 2.86. The molecule has 1 aliphatic heterocycles. The van der Waals surface area contributed by atoms with Crippen LogP contribution in [0.25, 0.3) is 0 Å². The van der Waals surface area contributed by atoms with Gasteiger partial charge < -0.3 is 14.8 Å². The van der Waals surface area contributed by atoms with Crippen LogP contribution in [0.4, 0.5) is 5.69 Å². The number of anilines is 1. The summed E-state index contributed by atoms with van der Waals surface area (Å²) >= 11 is 6.06. The number of ether oxygens (including phenoxy) is 2. The Morgan fingerprint density at radius 1 is 1.16 bits per heavy atom. The van der Waals surface area contributed by atoms with Crippen LogP contribution in [0.1, 0.15) is 5.56 Å². The lowest BCUT2D eigenvalue weighted by atomic mass is 10.2. The van der Waals surface area contributed by atoms with Crippen LogP contribution in [0.3, 0.4) is 0 Å². The normalized spacial score (nSPS) is 13.1. The third kappa shape index (κ3) is 2.74. The van der Waals surface area contributed by atoms with Gasteiger partial charge in [-0.2, -0.15) is 0 Å². The van der Waals surface area contributed by atoms with Crippen molar-refractivity contribution >= 4 is 17.3 Å². The Bertz CT molecular complexity index is 589. The zero-order valence-corrected chi connectivity index (χ0v) is 11.0. The fourth-order valence-electron chi connectivity index (χ4n) is 1.90. The molecule has 0 saturated heterocycles. The van der Waals surface area contributed by atoms with Gasteiger partial charge in [0.1, 0.15) is 13.2 Å². The van der Waals surface area contributed by atoms with Crippen LogP contribution in [0.5, 0.6) is 11.5 Å². The summed E-state index contributed by atoms with van der Waals surface area (Å²) in [5, 5.41) is 3.90. The van der Waals surface area contributed by atoms with Crippen LogP contribution in [0.15, 0.2) is 36.7 Å². The fourth-order valence-corrected chi connectivity index (χ4v) is 2.07. The van der Waals surface area contributed by atoms with Crippen molar-refractivity contribution in [1.82, 2.24) is 4.98 Å². The van der Waals surface area contributed by atoms with E-state index in [1.807, 2.05) is 18.2 Å². The van der Waals surface area contributed by atoms with Crippen molar-refractivity contribution in [2.24, 2.45) is 0 Å². The minimum absolute atomic E-state index is 0.596. The summed E-state index contributed by atoms with van der Waals surface area (Å²) in [6, 6.07) is 7.67. The van der Waals surface area contributed by atoms with Crippen LogP contribution in [0, 0.1) is 0 Å². The molecule has 0 fully saturated rings. The van der Waals surface area contributed by atoms with E-state index in [2.05, 4.69) is 10.3 Å². The van der Waals surface area contributed by atoms with E-state index in [9.17, 15) is 0 Å². The topological polar surface area (TPSA) is 43.4 Å². The highest BCUT2D eigenvalue weighted by atomic mass is 35.5. The lowest BCUT2D eigenvalue weighted by molar-refractivity contribution is 0.171. The summed E-state index contributed by atoms with van der Waals surface area (Å²) in [5.41, 5.74) is 1.92. The van der Waals surface area contributed by atoms with Crippen molar-refractivity contribution in [3.8, 4) is 11.5 Å². The van der Waals surface area contributed by atoms with E-state index in [4.69, 9.17) is 21.1 Å². The van der Waals surface area contributed by atoms with Crippen LogP contribution in [-0.2, 0) is 6.54 Å². The molecule has 0 bridgehead atoms. The molecule has 0 unspecified atom stereocenters. The number of halogens is 1. The number of pyridine rings is 1.